The van der Waals surface area contributed by atoms with Crippen LogP contribution in [0.5, 0.6) is 0 Å². The topological polar surface area (TPSA) is 46.6 Å². The highest BCUT2D eigenvalue weighted by Gasteiger charge is 2.33. The van der Waals surface area contributed by atoms with E-state index in [0.29, 0.717) is 13.0 Å². The highest BCUT2D eigenvalue weighted by atomic mass is 16.6. The van der Waals surface area contributed by atoms with E-state index in [1.807, 2.05) is 12.2 Å². The summed E-state index contributed by atoms with van der Waals surface area (Å²) >= 11 is 0. The summed E-state index contributed by atoms with van der Waals surface area (Å²) in [5.74, 6) is -0.149. The lowest BCUT2D eigenvalue weighted by Gasteiger charge is -2.30. The zero-order chi connectivity index (χ0) is 14.2. The minimum atomic E-state index is -0.529. The standard InChI is InChI=1S/C8H13NO3.C6H8/c1-8(2,3)12-7(11)9-5-4-6(9)10;1-3-5-6-4-2/h4-5H2,1-3H3;3-6H,1-2H2/b;6-5-. The van der Waals surface area contributed by atoms with Crippen LogP contribution in [-0.4, -0.2) is 29.0 Å². The molecule has 0 saturated carbocycles. The van der Waals surface area contributed by atoms with Crippen LogP contribution in [0.4, 0.5) is 4.79 Å². The van der Waals surface area contributed by atoms with Crippen molar-refractivity contribution in [2.45, 2.75) is 32.8 Å². The Hall–Kier alpha value is -1.84. The van der Waals surface area contributed by atoms with Crippen molar-refractivity contribution in [3.8, 4) is 0 Å². The second-order valence-electron chi connectivity index (χ2n) is 4.63. The first kappa shape index (κ1) is 16.2. The van der Waals surface area contributed by atoms with Gasteiger partial charge in [0.25, 0.3) is 0 Å². The molecule has 0 atom stereocenters. The van der Waals surface area contributed by atoms with Crippen LogP contribution in [0.25, 0.3) is 0 Å². The van der Waals surface area contributed by atoms with Crippen LogP contribution in [-0.2, 0) is 9.53 Å². The SMILES string of the molecule is C=C/C=C\C=C.CC(C)(C)OC(=O)N1CCC1=O. The zero-order valence-electron chi connectivity index (χ0n) is 11.3. The molecule has 1 rings (SSSR count). The molecule has 0 aromatic carbocycles. The molecule has 1 aliphatic rings. The Morgan fingerprint density at radius 3 is 2.00 bits per heavy atom. The molecule has 0 bridgehead atoms. The molecule has 0 N–H and O–H groups in total. The third-order valence-electron chi connectivity index (χ3n) is 1.85. The van der Waals surface area contributed by atoms with E-state index in [1.165, 1.54) is 0 Å². The lowest BCUT2D eigenvalue weighted by Crippen LogP contribution is -2.49. The van der Waals surface area contributed by atoms with Crippen molar-refractivity contribution in [2.75, 3.05) is 6.54 Å². The lowest BCUT2D eigenvalue weighted by atomic mass is 10.2. The number of allylic oxidation sites excluding steroid dienone is 4. The molecular weight excluding hydrogens is 230 g/mol. The third kappa shape index (κ3) is 6.68. The second-order valence-corrected chi connectivity index (χ2v) is 4.63. The molecule has 1 fully saturated rings. The summed E-state index contributed by atoms with van der Waals surface area (Å²) < 4.78 is 4.98. The zero-order valence-corrected chi connectivity index (χ0v) is 11.3. The largest absolute Gasteiger partial charge is 0.443 e. The van der Waals surface area contributed by atoms with Crippen molar-refractivity contribution in [1.82, 2.24) is 4.90 Å². The number of nitrogens with zero attached hydrogens (tertiary/aromatic N) is 1. The summed E-state index contributed by atoms with van der Waals surface area (Å²) in [6.07, 6.45) is 7.00. The van der Waals surface area contributed by atoms with Crippen molar-refractivity contribution < 1.29 is 14.3 Å². The van der Waals surface area contributed by atoms with E-state index in [-0.39, 0.29) is 5.91 Å². The normalized spacial score (nSPS) is 14.4. The summed E-state index contributed by atoms with van der Waals surface area (Å²) in [6, 6.07) is 0. The number of hydrogen-bond donors (Lipinski definition) is 0. The molecule has 100 valence electrons. The van der Waals surface area contributed by atoms with Gasteiger partial charge in [-0.1, -0.05) is 37.5 Å². The van der Waals surface area contributed by atoms with Gasteiger partial charge in [-0.25, -0.2) is 9.69 Å². The molecule has 0 spiro atoms. The van der Waals surface area contributed by atoms with Crippen LogP contribution in [0.15, 0.2) is 37.5 Å². The van der Waals surface area contributed by atoms with Crippen LogP contribution in [0.3, 0.4) is 0 Å². The summed E-state index contributed by atoms with van der Waals surface area (Å²) in [4.78, 5) is 23.0. The second kappa shape index (κ2) is 7.48. The molecule has 4 heteroatoms. The number of likely N-dealkylation sites (tertiary alicyclic amines) is 1. The molecule has 2 amide bonds. The van der Waals surface area contributed by atoms with Gasteiger partial charge in [0, 0.05) is 13.0 Å². The van der Waals surface area contributed by atoms with E-state index >= 15 is 0 Å². The maximum atomic E-state index is 11.1. The van der Waals surface area contributed by atoms with Gasteiger partial charge in [0.15, 0.2) is 0 Å². The molecule has 1 saturated heterocycles. The van der Waals surface area contributed by atoms with Crippen molar-refractivity contribution in [1.29, 1.82) is 0 Å². The van der Waals surface area contributed by atoms with Crippen molar-refractivity contribution in [3.63, 3.8) is 0 Å². The number of amides is 2. The molecule has 0 aromatic heterocycles. The van der Waals surface area contributed by atoms with Gasteiger partial charge in [-0.3, -0.25) is 4.79 Å². The van der Waals surface area contributed by atoms with E-state index in [2.05, 4.69) is 13.2 Å². The Morgan fingerprint density at radius 1 is 1.28 bits per heavy atom. The number of β-lactam (4-membered cyclic amide) rings is 1. The van der Waals surface area contributed by atoms with Gasteiger partial charge in [-0.15, -0.1) is 0 Å². The Morgan fingerprint density at radius 2 is 1.78 bits per heavy atom. The van der Waals surface area contributed by atoms with Gasteiger partial charge < -0.3 is 4.74 Å². The number of ether oxygens (including phenoxy) is 1. The summed E-state index contributed by atoms with van der Waals surface area (Å²) in [5, 5.41) is 0. The minimum Gasteiger partial charge on any atom is -0.443 e. The highest BCUT2D eigenvalue weighted by molar-refractivity contribution is 5.96. The molecule has 0 unspecified atom stereocenters. The molecule has 1 heterocycles. The Labute approximate surface area is 109 Å². The quantitative estimate of drug-likeness (QED) is 0.559. The third-order valence-corrected chi connectivity index (χ3v) is 1.85. The number of hydrogen-bond acceptors (Lipinski definition) is 3. The molecule has 1 aliphatic heterocycles. The molecule has 4 nitrogen and oxygen atoms in total. The summed E-state index contributed by atoms with van der Waals surface area (Å²) in [7, 11) is 0. The van der Waals surface area contributed by atoms with Gasteiger partial charge >= 0.3 is 6.09 Å². The number of carbonyl (C=O) groups is 2. The molecule has 0 aliphatic carbocycles. The van der Waals surface area contributed by atoms with Gasteiger partial charge in [0.05, 0.1) is 0 Å². The van der Waals surface area contributed by atoms with E-state index < -0.39 is 11.7 Å². The van der Waals surface area contributed by atoms with E-state index in [1.54, 1.807) is 32.9 Å². The minimum absolute atomic E-state index is 0.149. The monoisotopic (exact) mass is 251 g/mol. The maximum absolute atomic E-state index is 11.1. The van der Waals surface area contributed by atoms with Crippen LogP contribution in [0.1, 0.15) is 27.2 Å². The first-order valence-corrected chi connectivity index (χ1v) is 5.75. The van der Waals surface area contributed by atoms with Crippen molar-refractivity contribution in [3.05, 3.63) is 37.5 Å². The fourth-order valence-electron chi connectivity index (χ4n) is 0.982. The first-order chi connectivity index (χ1) is 8.31. The van der Waals surface area contributed by atoms with Gasteiger partial charge in [0.2, 0.25) is 5.91 Å². The predicted octanol–water partition coefficient (Wildman–Crippen LogP) is 3.07. The van der Waals surface area contributed by atoms with Crippen molar-refractivity contribution >= 4 is 12.0 Å². The Balaban J connectivity index is 0.000000411. The maximum Gasteiger partial charge on any atom is 0.417 e. The Kier molecular flexibility index (Phi) is 6.71. The average Bonchev–Trinajstić information content (AvgIpc) is 2.22. The molecular formula is C14H21NO3. The van der Waals surface area contributed by atoms with E-state index in [9.17, 15) is 9.59 Å². The number of carbonyl (C=O) groups excluding carboxylic acids is 2. The van der Waals surface area contributed by atoms with Gasteiger partial charge in [0.1, 0.15) is 5.60 Å². The van der Waals surface area contributed by atoms with Gasteiger partial charge in [-0.2, -0.15) is 0 Å². The fraction of sp³-hybridized carbons (Fsp3) is 0.429. The average molecular weight is 251 g/mol. The number of imide groups is 1. The summed E-state index contributed by atoms with van der Waals surface area (Å²) in [5.41, 5.74) is -0.521. The van der Waals surface area contributed by atoms with Crippen LogP contribution in [0, 0.1) is 0 Å². The first-order valence-electron chi connectivity index (χ1n) is 5.75. The predicted molar refractivity (Wildman–Crippen MR) is 72.1 cm³/mol. The molecule has 0 radical (unpaired) electrons. The highest BCUT2D eigenvalue weighted by Crippen LogP contribution is 2.15. The van der Waals surface area contributed by atoms with Crippen LogP contribution < -0.4 is 0 Å². The van der Waals surface area contributed by atoms with E-state index in [0.717, 1.165) is 4.90 Å². The van der Waals surface area contributed by atoms with Gasteiger partial charge in [-0.05, 0) is 20.8 Å². The van der Waals surface area contributed by atoms with Crippen molar-refractivity contribution in [2.24, 2.45) is 0 Å². The molecule has 18 heavy (non-hydrogen) atoms. The van der Waals surface area contributed by atoms with E-state index in [4.69, 9.17) is 4.74 Å². The van der Waals surface area contributed by atoms with Crippen LogP contribution >= 0.6 is 0 Å². The fourth-order valence-corrected chi connectivity index (χ4v) is 0.982. The Bertz CT molecular complexity index is 341. The summed E-state index contributed by atoms with van der Waals surface area (Å²) in [6.45, 7) is 12.7. The van der Waals surface area contributed by atoms with Crippen LogP contribution in [0.2, 0.25) is 0 Å². The smallest absolute Gasteiger partial charge is 0.417 e. The molecule has 0 aromatic rings. The lowest BCUT2D eigenvalue weighted by molar-refractivity contribution is -0.138. The number of rotatable bonds is 2.